The molecule has 0 radical (unpaired) electrons. The van der Waals surface area contributed by atoms with Gasteiger partial charge >= 0.3 is 0 Å². The zero-order chi connectivity index (χ0) is 14.9. The minimum Gasteiger partial charge on any atom is -0.356 e. The zero-order valence-corrected chi connectivity index (χ0v) is 13.3. The zero-order valence-electron chi connectivity index (χ0n) is 12.5. The Balaban J connectivity index is 1.72. The second-order valence-corrected chi connectivity index (χ2v) is 8.11. The van der Waals surface area contributed by atoms with E-state index in [0.717, 1.165) is 32.5 Å². The summed E-state index contributed by atoms with van der Waals surface area (Å²) in [7, 11) is -3.23. The molecule has 5 nitrogen and oxygen atoms in total. The smallest absolute Gasteiger partial charge is 0.179 e. The minimum absolute atomic E-state index is 0.349. The Labute approximate surface area is 126 Å². The number of piperidine rings is 1. The van der Waals surface area contributed by atoms with Crippen LogP contribution in [0.15, 0.2) is 23.2 Å². The predicted molar refractivity (Wildman–Crippen MR) is 83.3 cm³/mol. The van der Waals surface area contributed by atoms with Crippen molar-refractivity contribution in [1.82, 2.24) is 10.3 Å². The number of hydrogen-bond donors (Lipinski definition) is 1. The highest BCUT2D eigenvalue weighted by molar-refractivity contribution is 7.90. The fourth-order valence-electron chi connectivity index (χ4n) is 3.54. The number of sulfone groups is 1. The first-order valence-electron chi connectivity index (χ1n) is 7.69. The van der Waals surface area contributed by atoms with Gasteiger partial charge in [-0.05, 0) is 50.3 Å². The first-order valence-corrected chi connectivity index (χ1v) is 9.58. The Morgan fingerprint density at radius 3 is 2.67 bits per heavy atom. The summed E-state index contributed by atoms with van der Waals surface area (Å²) >= 11 is 0. The van der Waals surface area contributed by atoms with Gasteiger partial charge in [0.25, 0.3) is 0 Å². The SMILES string of the molecule is CS(=O)(=O)c1cccnc1N1CCC(C2CCCN2)CC1. The molecular formula is C15H23N3O2S. The number of pyridine rings is 1. The van der Waals surface area contributed by atoms with Crippen LogP contribution in [0, 0.1) is 5.92 Å². The molecule has 0 saturated carbocycles. The van der Waals surface area contributed by atoms with Crippen LogP contribution in [0.1, 0.15) is 25.7 Å². The Hall–Kier alpha value is -1.14. The molecule has 116 valence electrons. The summed E-state index contributed by atoms with van der Waals surface area (Å²) in [5.41, 5.74) is 0. The van der Waals surface area contributed by atoms with Crippen molar-refractivity contribution >= 4 is 15.7 Å². The third-order valence-electron chi connectivity index (χ3n) is 4.66. The lowest BCUT2D eigenvalue weighted by Gasteiger charge is -2.36. The molecule has 2 aliphatic heterocycles. The lowest BCUT2D eigenvalue weighted by Crippen LogP contribution is -2.41. The molecule has 3 rings (SSSR count). The molecule has 0 amide bonds. The van der Waals surface area contributed by atoms with Gasteiger partial charge in [0, 0.05) is 31.6 Å². The van der Waals surface area contributed by atoms with Gasteiger partial charge in [-0.25, -0.2) is 13.4 Å². The standard InChI is InChI=1S/C15H23N3O2S/c1-21(19,20)14-5-3-9-17-15(14)18-10-6-12(7-11-18)13-4-2-8-16-13/h3,5,9,12-13,16H,2,4,6-8,10-11H2,1H3. The molecule has 0 aliphatic carbocycles. The highest BCUT2D eigenvalue weighted by atomic mass is 32.2. The van der Waals surface area contributed by atoms with Crippen LogP contribution in [0.3, 0.4) is 0 Å². The van der Waals surface area contributed by atoms with Gasteiger partial charge in [0.05, 0.1) is 0 Å². The highest BCUT2D eigenvalue weighted by Crippen LogP contribution is 2.30. The van der Waals surface area contributed by atoms with Crippen molar-refractivity contribution in [2.45, 2.75) is 36.6 Å². The molecule has 2 fully saturated rings. The lowest BCUT2D eigenvalue weighted by atomic mass is 9.88. The van der Waals surface area contributed by atoms with Crippen LogP contribution in [-0.4, -0.2) is 45.3 Å². The van der Waals surface area contributed by atoms with Gasteiger partial charge in [0.1, 0.15) is 10.7 Å². The van der Waals surface area contributed by atoms with Gasteiger partial charge < -0.3 is 10.2 Å². The van der Waals surface area contributed by atoms with Crippen LogP contribution >= 0.6 is 0 Å². The average Bonchev–Trinajstić information content (AvgIpc) is 3.01. The molecule has 1 aromatic rings. The Bertz CT molecular complexity index is 589. The number of nitrogens with zero attached hydrogens (tertiary/aromatic N) is 2. The number of anilines is 1. The van der Waals surface area contributed by atoms with Crippen LogP contribution in [0.2, 0.25) is 0 Å². The Morgan fingerprint density at radius 2 is 2.05 bits per heavy atom. The van der Waals surface area contributed by atoms with Crippen molar-refractivity contribution in [2.24, 2.45) is 5.92 Å². The van der Waals surface area contributed by atoms with Crippen LogP contribution in [-0.2, 0) is 9.84 Å². The monoisotopic (exact) mass is 309 g/mol. The largest absolute Gasteiger partial charge is 0.356 e. The molecule has 0 aromatic carbocycles. The molecule has 0 bridgehead atoms. The molecule has 1 atom stereocenters. The van der Waals surface area contributed by atoms with E-state index < -0.39 is 9.84 Å². The molecule has 3 heterocycles. The van der Waals surface area contributed by atoms with Gasteiger partial charge in [-0.1, -0.05) is 0 Å². The van der Waals surface area contributed by atoms with Crippen LogP contribution in [0.5, 0.6) is 0 Å². The van der Waals surface area contributed by atoms with Crippen molar-refractivity contribution < 1.29 is 8.42 Å². The van der Waals surface area contributed by atoms with E-state index in [4.69, 9.17) is 0 Å². The summed E-state index contributed by atoms with van der Waals surface area (Å²) in [5, 5.41) is 3.59. The Kier molecular flexibility index (Phi) is 4.17. The van der Waals surface area contributed by atoms with Gasteiger partial charge in [0.2, 0.25) is 0 Å². The molecule has 21 heavy (non-hydrogen) atoms. The quantitative estimate of drug-likeness (QED) is 0.916. The molecular weight excluding hydrogens is 286 g/mol. The summed E-state index contributed by atoms with van der Waals surface area (Å²) in [6, 6.07) is 4.00. The summed E-state index contributed by atoms with van der Waals surface area (Å²) in [6.45, 7) is 2.92. The maximum absolute atomic E-state index is 11.9. The number of rotatable bonds is 3. The third kappa shape index (κ3) is 3.21. The van der Waals surface area contributed by atoms with Crippen molar-refractivity contribution in [2.75, 3.05) is 30.8 Å². The molecule has 2 saturated heterocycles. The first-order chi connectivity index (χ1) is 10.1. The van der Waals surface area contributed by atoms with Crippen molar-refractivity contribution in [1.29, 1.82) is 0 Å². The number of aromatic nitrogens is 1. The molecule has 1 N–H and O–H groups in total. The van der Waals surface area contributed by atoms with E-state index in [1.165, 1.54) is 19.1 Å². The van der Waals surface area contributed by atoms with E-state index in [-0.39, 0.29) is 0 Å². The average molecular weight is 309 g/mol. The van der Waals surface area contributed by atoms with Crippen molar-refractivity contribution in [3.8, 4) is 0 Å². The summed E-state index contributed by atoms with van der Waals surface area (Å²) in [4.78, 5) is 6.80. The van der Waals surface area contributed by atoms with Crippen molar-refractivity contribution in [3.05, 3.63) is 18.3 Å². The lowest BCUT2D eigenvalue weighted by molar-refractivity contribution is 0.318. The molecule has 1 aromatic heterocycles. The van der Waals surface area contributed by atoms with Crippen LogP contribution in [0.4, 0.5) is 5.82 Å². The Morgan fingerprint density at radius 1 is 1.29 bits per heavy atom. The fraction of sp³-hybridized carbons (Fsp3) is 0.667. The number of nitrogens with one attached hydrogen (secondary N) is 1. The maximum atomic E-state index is 11.9. The van der Waals surface area contributed by atoms with E-state index >= 15 is 0 Å². The normalized spacial score (nSPS) is 24.4. The summed E-state index contributed by atoms with van der Waals surface area (Å²) in [5.74, 6) is 1.34. The van der Waals surface area contributed by atoms with Gasteiger partial charge in [-0.3, -0.25) is 0 Å². The third-order valence-corrected chi connectivity index (χ3v) is 5.77. The molecule has 6 heteroatoms. The molecule has 1 unspecified atom stereocenters. The first kappa shape index (κ1) is 14.8. The molecule has 0 spiro atoms. The number of hydrogen-bond acceptors (Lipinski definition) is 5. The van der Waals surface area contributed by atoms with Crippen molar-refractivity contribution in [3.63, 3.8) is 0 Å². The van der Waals surface area contributed by atoms with Crippen LogP contribution < -0.4 is 10.2 Å². The van der Waals surface area contributed by atoms with E-state index in [1.54, 1.807) is 18.3 Å². The van der Waals surface area contributed by atoms with Gasteiger partial charge in [-0.2, -0.15) is 0 Å². The van der Waals surface area contributed by atoms with E-state index in [1.807, 2.05) is 0 Å². The molecule has 2 aliphatic rings. The topological polar surface area (TPSA) is 62.3 Å². The van der Waals surface area contributed by atoms with Crippen LogP contribution in [0.25, 0.3) is 0 Å². The summed E-state index contributed by atoms with van der Waals surface area (Å²) in [6.07, 6.45) is 7.71. The predicted octanol–water partition coefficient (Wildman–Crippen LogP) is 1.45. The maximum Gasteiger partial charge on any atom is 0.179 e. The van der Waals surface area contributed by atoms with Gasteiger partial charge in [-0.15, -0.1) is 0 Å². The van der Waals surface area contributed by atoms with Gasteiger partial charge in [0.15, 0.2) is 9.84 Å². The summed E-state index contributed by atoms with van der Waals surface area (Å²) < 4.78 is 23.8. The fourth-order valence-corrected chi connectivity index (χ4v) is 4.38. The van der Waals surface area contributed by atoms with E-state index in [2.05, 4.69) is 15.2 Å². The highest BCUT2D eigenvalue weighted by Gasteiger charge is 2.30. The second kappa shape index (κ2) is 5.93. The second-order valence-electron chi connectivity index (χ2n) is 6.12. The van der Waals surface area contributed by atoms with E-state index in [0.29, 0.717) is 22.7 Å². The minimum atomic E-state index is -3.23. The van der Waals surface area contributed by atoms with E-state index in [9.17, 15) is 8.42 Å².